The average Bonchev–Trinajstić information content (AvgIpc) is 2.73. The lowest BCUT2D eigenvalue weighted by molar-refractivity contribution is 0.0162. The molecule has 1 atom stereocenters. The third kappa shape index (κ3) is 6.71. The molecule has 1 aliphatic rings. The lowest BCUT2D eigenvalue weighted by Crippen LogP contribution is -2.57. The zero-order valence-electron chi connectivity index (χ0n) is 19.9. The summed E-state index contributed by atoms with van der Waals surface area (Å²) >= 11 is 0. The molecule has 0 aromatic heterocycles. The maximum Gasteiger partial charge on any atom is 0.410 e. The predicted octanol–water partition coefficient (Wildman–Crippen LogP) is 4.56. The molecule has 2 aromatic rings. The van der Waals surface area contributed by atoms with E-state index >= 15 is 0 Å². The highest BCUT2D eigenvalue weighted by molar-refractivity contribution is 5.69. The quantitative estimate of drug-likeness (QED) is 0.714. The van der Waals surface area contributed by atoms with Gasteiger partial charge < -0.3 is 24.4 Å². The second kappa shape index (κ2) is 9.92. The summed E-state index contributed by atoms with van der Waals surface area (Å²) < 4.78 is 11.7. The number of carbonyl (C=O) groups excluding carboxylic acids is 1. The lowest BCUT2D eigenvalue weighted by Gasteiger charge is -2.43. The minimum Gasteiger partial charge on any atom is -0.444 e. The Bertz CT molecular complexity index is 869. The number of nitrogens with zero attached hydrogens (tertiary/aromatic N) is 2. The first-order valence-corrected chi connectivity index (χ1v) is 11.2. The highest BCUT2D eigenvalue weighted by Crippen LogP contribution is 2.26. The molecule has 0 saturated carbocycles. The molecule has 0 unspecified atom stereocenters. The fourth-order valence-electron chi connectivity index (χ4n) is 3.78. The van der Waals surface area contributed by atoms with E-state index < -0.39 is 11.2 Å². The normalized spacial score (nSPS) is 17.4. The zero-order valence-corrected chi connectivity index (χ0v) is 19.9. The van der Waals surface area contributed by atoms with Crippen LogP contribution in [-0.2, 0) is 21.7 Å². The van der Waals surface area contributed by atoms with Crippen molar-refractivity contribution < 1.29 is 19.4 Å². The third-order valence-electron chi connectivity index (χ3n) is 5.46. The minimum atomic E-state index is -0.883. The molecule has 0 radical (unpaired) electrons. The molecule has 1 aliphatic heterocycles. The standard InChI is InChI=1S/C26H36N2O4/c1-25(2,3)32-24(29)27-15-16-28(22-13-11-21(12-14-22)26(4,5)30)23(17-27)19-31-18-20-9-7-6-8-10-20/h6-14,23,30H,15-19H2,1-5H3/t23-/m1/s1. The molecule has 6 nitrogen and oxygen atoms in total. The highest BCUT2D eigenvalue weighted by Gasteiger charge is 2.32. The summed E-state index contributed by atoms with van der Waals surface area (Å²) in [6.07, 6.45) is -0.289. The van der Waals surface area contributed by atoms with Crippen LogP contribution in [0.2, 0.25) is 0 Å². The monoisotopic (exact) mass is 440 g/mol. The van der Waals surface area contributed by atoms with Crippen LogP contribution in [0.4, 0.5) is 10.5 Å². The summed E-state index contributed by atoms with van der Waals surface area (Å²) in [5.74, 6) is 0. The Labute approximate surface area is 191 Å². The Morgan fingerprint density at radius 2 is 1.66 bits per heavy atom. The first kappa shape index (κ1) is 24.1. The molecule has 174 valence electrons. The lowest BCUT2D eigenvalue weighted by atomic mass is 9.98. The van der Waals surface area contributed by atoms with Crippen molar-refractivity contribution in [2.75, 3.05) is 31.1 Å². The third-order valence-corrected chi connectivity index (χ3v) is 5.46. The molecule has 32 heavy (non-hydrogen) atoms. The number of anilines is 1. The summed E-state index contributed by atoms with van der Waals surface area (Å²) in [6, 6.07) is 18.0. The Balaban J connectivity index is 1.72. The molecule has 3 rings (SSSR count). The molecule has 0 spiro atoms. The second-order valence-electron chi connectivity index (χ2n) is 9.88. The van der Waals surface area contributed by atoms with Gasteiger partial charge in [0.15, 0.2) is 0 Å². The summed E-state index contributed by atoms with van der Waals surface area (Å²) in [4.78, 5) is 16.7. The maximum absolute atomic E-state index is 12.7. The molecule has 0 aliphatic carbocycles. The van der Waals surface area contributed by atoms with Crippen molar-refractivity contribution in [1.29, 1.82) is 0 Å². The van der Waals surface area contributed by atoms with Gasteiger partial charge in [-0.2, -0.15) is 0 Å². The molecule has 1 fully saturated rings. The van der Waals surface area contributed by atoms with Gasteiger partial charge in [0, 0.05) is 25.3 Å². The van der Waals surface area contributed by atoms with Crippen LogP contribution in [0.1, 0.15) is 45.7 Å². The molecule has 0 bridgehead atoms. The number of aliphatic hydroxyl groups is 1. The van der Waals surface area contributed by atoms with Gasteiger partial charge in [0.1, 0.15) is 5.60 Å². The first-order chi connectivity index (χ1) is 15.0. The van der Waals surface area contributed by atoms with Gasteiger partial charge in [0.05, 0.1) is 24.9 Å². The minimum absolute atomic E-state index is 0.00651. The van der Waals surface area contributed by atoms with Gasteiger partial charge in [-0.15, -0.1) is 0 Å². The van der Waals surface area contributed by atoms with Gasteiger partial charge in [-0.1, -0.05) is 42.5 Å². The van der Waals surface area contributed by atoms with Crippen LogP contribution in [0.3, 0.4) is 0 Å². The predicted molar refractivity (Wildman–Crippen MR) is 127 cm³/mol. The Morgan fingerprint density at radius 3 is 2.25 bits per heavy atom. The highest BCUT2D eigenvalue weighted by atomic mass is 16.6. The number of rotatable bonds is 6. The van der Waals surface area contributed by atoms with Crippen LogP contribution in [-0.4, -0.2) is 54.0 Å². The first-order valence-electron chi connectivity index (χ1n) is 11.2. The Hall–Kier alpha value is -2.57. The smallest absolute Gasteiger partial charge is 0.410 e. The van der Waals surface area contributed by atoms with Crippen molar-refractivity contribution in [2.24, 2.45) is 0 Å². The summed E-state index contributed by atoms with van der Waals surface area (Å²) in [7, 11) is 0. The topological polar surface area (TPSA) is 62.2 Å². The number of hydrogen-bond donors (Lipinski definition) is 1. The summed E-state index contributed by atoms with van der Waals surface area (Å²) in [5, 5.41) is 10.3. The van der Waals surface area contributed by atoms with E-state index in [1.54, 1.807) is 18.7 Å². The second-order valence-corrected chi connectivity index (χ2v) is 9.88. The largest absolute Gasteiger partial charge is 0.444 e. The summed E-state index contributed by atoms with van der Waals surface area (Å²) in [6.45, 7) is 12.0. The number of hydrogen-bond acceptors (Lipinski definition) is 5. The molecule has 1 N–H and O–H groups in total. The molecular weight excluding hydrogens is 404 g/mol. The van der Waals surface area contributed by atoms with Crippen molar-refractivity contribution in [3.8, 4) is 0 Å². The van der Waals surface area contributed by atoms with E-state index in [2.05, 4.69) is 4.90 Å². The van der Waals surface area contributed by atoms with E-state index in [4.69, 9.17) is 9.47 Å². The van der Waals surface area contributed by atoms with E-state index in [0.29, 0.717) is 32.8 Å². The van der Waals surface area contributed by atoms with Gasteiger partial charge in [-0.25, -0.2) is 4.79 Å². The van der Waals surface area contributed by atoms with Gasteiger partial charge in [-0.05, 0) is 57.9 Å². The Morgan fingerprint density at radius 1 is 1.00 bits per heavy atom. The Kier molecular flexibility index (Phi) is 7.47. The van der Waals surface area contributed by atoms with Crippen LogP contribution in [0, 0.1) is 0 Å². The molecule has 1 saturated heterocycles. The maximum atomic E-state index is 12.7. The van der Waals surface area contributed by atoms with E-state index in [9.17, 15) is 9.90 Å². The van der Waals surface area contributed by atoms with Crippen LogP contribution in [0.15, 0.2) is 54.6 Å². The molecule has 1 heterocycles. The van der Waals surface area contributed by atoms with Gasteiger partial charge >= 0.3 is 6.09 Å². The van der Waals surface area contributed by atoms with Crippen molar-refractivity contribution >= 4 is 11.8 Å². The molecule has 2 aromatic carbocycles. The van der Waals surface area contributed by atoms with E-state index in [1.165, 1.54) is 0 Å². The molecule has 6 heteroatoms. The number of carbonyl (C=O) groups is 1. The molecule has 1 amide bonds. The number of benzene rings is 2. The zero-order chi connectivity index (χ0) is 23.4. The van der Waals surface area contributed by atoms with Crippen molar-refractivity contribution in [1.82, 2.24) is 4.90 Å². The van der Waals surface area contributed by atoms with Crippen LogP contribution in [0.25, 0.3) is 0 Å². The van der Waals surface area contributed by atoms with Gasteiger partial charge in [-0.3, -0.25) is 0 Å². The van der Waals surface area contributed by atoms with Gasteiger partial charge in [0.2, 0.25) is 0 Å². The van der Waals surface area contributed by atoms with Crippen LogP contribution < -0.4 is 4.90 Å². The number of piperazine rings is 1. The SMILES string of the molecule is CC(C)(C)OC(=O)N1CCN(c2ccc(C(C)(C)O)cc2)[C@@H](COCc2ccccc2)C1. The van der Waals surface area contributed by atoms with Crippen molar-refractivity contribution in [3.63, 3.8) is 0 Å². The fraction of sp³-hybridized carbons (Fsp3) is 0.500. The van der Waals surface area contributed by atoms with Crippen molar-refractivity contribution in [2.45, 2.75) is 58.5 Å². The van der Waals surface area contributed by atoms with E-state index in [0.717, 1.165) is 16.8 Å². The number of ether oxygens (including phenoxy) is 2. The van der Waals surface area contributed by atoms with E-state index in [-0.39, 0.29) is 12.1 Å². The van der Waals surface area contributed by atoms with Gasteiger partial charge in [0.25, 0.3) is 0 Å². The summed E-state index contributed by atoms with van der Waals surface area (Å²) in [5.41, 5.74) is 1.63. The fourth-order valence-corrected chi connectivity index (χ4v) is 3.78. The average molecular weight is 441 g/mol. The number of amides is 1. The van der Waals surface area contributed by atoms with E-state index in [1.807, 2.05) is 75.4 Å². The van der Waals surface area contributed by atoms with Crippen LogP contribution >= 0.6 is 0 Å². The van der Waals surface area contributed by atoms with Crippen molar-refractivity contribution in [3.05, 3.63) is 65.7 Å². The molecular formula is C26H36N2O4. The van der Waals surface area contributed by atoms with Crippen LogP contribution in [0.5, 0.6) is 0 Å².